The number of aryl methyl sites for hydroxylation is 2. The molecule has 0 amide bonds. The van der Waals surface area contributed by atoms with Gasteiger partial charge in [-0.05, 0) is 57.8 Å². The smallest absolute Gasteiger partial charge is 0.0961 e. The van der Waals surface area contributed by atoms with Crippen molar-refractivity contribution in [1.82, 2.24) is 15.1 Å². The average molecular weight is 340 g/mol. The van der Waals surface area contributed by atoms with E-state index in [2.05, 4.69) is 80.0 Å². The number of nitrogens with zero attached hydrogens (tertiary/aromatic N) is 3. The Kier molecular flexibility index (Phi) is 7.12. The fourth-order valence-electron chi connectivity index (χ4n) is 3.57. The number of hydrogen-bond donors (Lipinski definition) is 0. The minimum Gasteiger partial charge on any atom is -0.299 e. The molecule has 0 saturated heterocycles. The zero-order chi connectivity index (χ0) is 18.3. The first-order valence-electron chi connectivity index (χ1n) is 9.67. The van der Waals surface area contributed by atoms with Crippen molar-refractivity contribution in [2.24, 2.45) is 0 Å². The summed E-state index contributed by atoms with van der Waals surface area (Å²) in [6.45, 7) is 13.5. The second kappa shape index (κ2) is 9.10. The summed E-state index contributed by atoms with van der Waals surface area (Å²) >= 11 is 0. The highest BCUT2D eigenvalue weighted by molar-refractivity contribution is 5.62. The lowest BCUT2D eigenvalue weighted by molar-refractivity contribution is 0.125. The van der Waals surface area contributed by atoms with E-state index in [0.717, 1.165) is 55.7 Å². The first kappa shape index (κ1) is 19.6. The van der Waals surface area contributed by atoms with Crippen molar-refractivity contribution < 1.29 is 0 Å². The van der Waals surface area contributed by atoms with Crippen molar-refractivity contribution in [2.45, 2.75) is 65.8 Å². The zero-order valence-corrected chi connectivity index (χ0v) is 16.5. The SMILES string of the molecule is CCCc1cc(CCC(C)(C)N(CC)CC)nnc1-c1ccccc1. The Morgan fingerprint density at radius 1 is 0.920 bits per heavy atom. The van der Waals surface area contributed by atoms with Gasteiger partial charge in [0, 0.05) is 11.1 Å². The third kappa shape index (κ3) is 5.12. The predicted molar refractivity (Wildman–Crippen MR) is 107 cm³/mol. The average Bonchev–Trinajstić information content (AvgIpc) is 2.62. The van der Waals surface area contributed by atoms with Crippen LogP contribution >= 0.6 is 0 Å². The van der Waals surface area contributed by atoms with Gasteiger partial charge in [0.2, 0.25) is 0 Å². The third-order valence-corrected chi connectivity index (χ3v) is 5.10. The molecule has 1 aromatic carbocycles. The van der Waals surface area contributed by atoms with Gasteiger partial charge in [0.25, 0.3) is 0 Å². The molecule has 25 heavy (non-hydrogen) atoms. The Labute approximate surface area is 153 Å². The molecule has 1 heterocycles. The molecule has 0 aliphatic heterocycles. The van der Waals surface area contributed by atoms with Gasteiger partial charge in [-0.1, -0.05) is 57.5 Å². The van der Waals surface area contributed by atoms with Crippen LogP contribution in [0.1, 0.15) is 58.7 Å². The highest BCUT2D eigenvalue weighted by Crippen LogP contribution is 2.24. The molecule has 0 saturated carbocycles. The Morgan fingerprint density at radius 3 is 2.20 bits per heavy atom. The second-order valence-electron chi connectivity index (χ2n) is 7.31. The predicted octanol–water partition coefficient (Wildman–Crippen LogP) is 5.15. The van der Waals surface area contributed by atoms with E-state index in [-0.39, 0.29) is 5.54 Å². The van der Waals surface area contributed by atoms with E-state index >= 15 is 0 Å². The number of rotatable bonds is 9. The number of aromatic nitrogens is 2. The van der Waals surface area contributed by atoms with Gasteiger partial charge in [-0.2, -0.15) is 5.10 Å². The van der Waals surface area contributed by atoms with Crippen LogP contribution in [0.2, 0.25) is 0 Å². The van der Waals surface area contributed by atoms with E-state index in [1.54, 1.807) is 0 Å². The van der Waals surface area contributed by atoms with Crippen LogP contribution in [0.3, 0.4) is 0 Å². The first-order valence-corrected chi connectivity index (χ1v) is 9.67. The number of benzene rings is 1. The van der Waals surface area contributed by atoms with Gasteiger partial charge in [0.15, 0.2) is 0 Å². The standard InChI is InChI=1S/C22H33N3/c1-6-12-19-17-20(15-16-22(4,5)25(7-2)8-3)23-24-21(19)18-13-10-9-11-14-18/h9-11,13-14,17H,6-8,12,15-16H2,1-5H3. The van der Waals surface area contributed by atoms with Crippen molar-refractivity contribution in [3.63, 3.8) is 0 Å². The van der Waals surface area contributed by atoms with E-state index in [4.69, 9.17) is 0 Å². The Morgan fingerprint density at radius 2 is 1.60 bits per heavy atom. The molecule has 0 unspecified atom stereocenters. The zero-order valence-electron chi connectivity index (χ0n) is 16.5. The van der Waals surface area contributed by atoms with Crippen molar-refractivity contribution in [2.75, 3.05) is 13.1 Å². The van der Waals surface area contributed by atoms with Gasteiger partial charge in [-0.3, -0.25) is 4.90 Å². The van der Waals surface area contributed by atoms with Crippen LogP contribution in [0, 0.1) is 0 Å². The van der Waals surface area contributed by atoms with E-state index in [1.807, 2.05) is 6.07 Å². The molecule has 0 bridgehead atoms. The van der Waals surface area contributed by atoms with Gasteiger partial charge in [0.1, 0.15) is 0 Å². The van der Waals surface area contributed by atoms with Crippen molar-refractivity contribution in [1.29, 1.82) is 0 Å². The van der Waals surface area contributed by atoms with Crippen LogP contribution in [-0.2, 0) is 12.8 Å². The van der Waals surface area contributed by atoms with Gasteiger partial charge in [0.05, 0.1) is 11.4 Å². The third-order valence-electron chi connectivity index (χ3n) is 5.10. The van der Waals surface area contributed by atoms with E-state index in [1.165, 1.54) is 5.56 Å². The Bertz CT molecular complexity index is 646. The van der Waals surface area contributed by atoms with Crippen LogP contribution in [0.25, 0.3) is 11.3 Å². The second-order valence-corrected chi connectivity index (χ2v) is 7.31. The quantitative estimate of drug-likeness (QED) is 0.633. The van der Waals surface area contributed by atoms with Gasteiger partial charge >= 0.3 is 0 Å². The molecule has 2 aromatic rings. The van der Waals surface area contributed by atoms with E-state index in [9.17, 15) is 0 Å². The highest BCUT2D eigenvalue weighted by atomic mass is 15.2. The molecule has 0 N–H and O–H groups in total. The lowest BCUT2D eigenvalue weighted by atomic mass is 9.94. The summed E-state index contributed by atoms with van der Waals surface area (Å²) < 4.78 is 0. The summed E-state index contributed by atoms with van der Waals surface area (Å²) in [6.07, 6.45) is 4.24. The minimum absolute atomic E-state index is 0.189. The summed E-state index contributed by atoms with van der Waals surface area (Å²) in [5, 5.41) is 9.13. The normalized spacial score (nSPS) is 11.9. The molecule has 0 aliphatic carbocycles. The summed E-state index contributed by atoms with van der Waals surface area (Å²) in [5.74, 6) is 0. The highest BCUT2D eigenvalue weighted by Gasteiger charge is 2.24. The monoisotopic (exact) mass is 339 g/mol. The molecular formula is C22H33N3. The summed E-state index contributed by atoms with van der Waals surface area (Å²) in [7, 11) is 0. The molecule has 136 valence electrons. The summed E-state index contributed by atoms with van der Waals surface area (Å²) in [6, 6.07) is 12.7. The molecule has 0 radical (unpaired) electrons. The van der Waals surface area contributed by atoms with Gasteiger partial charge in [-0.15, -0.1) is 5.10 Å². The van der Waals surface area contributed by atoms with Crippen LogP contribution in [-0.4, -0.2) is 33.7 Å². The van der Waals surface area contributed by atoms with Crippen molar-refractivity contribution in [3.8, 4) is 11.3 Å². The molecular weight excluding hydrogens is 306 g/mol. The summed E-state index contributed by atoms with van der Waals surface area (Å²) in [5.41, 5.74) is 4.82. The topological polar surface area (TPSA) is 29.0 Å². The van der Waals surface area contributed by atoms with Crippen LogP contribution in [0.15, 0.2) is 36.4 Å². The molecule has 3 heteroatoms. The lowest BCUT2D eigenvalue weighted by Crippen LogP contribution is -2.44. The van der Waals surface area contributed by atoms with E-state index in [0.29, 0.717) is 0 Å². The molecule has 1 aromatic heterocycles. The van der Waals surface area contributed by atoms with Crippen molar-refractivity contribution >= 4 is 0 Å². The lowest BCUT2D eigenvalue weighted by Gasteiger charge is -2.37. The minimum atomic E-state index is 0.189. The largest absolute Gasteiger partial charge is 0.299 e. The molecule has 0 spiro atoms. The molecule has 0 fully saturated rings. The molecule has 0 aliphatic rings. The van der Waals surface area contributed by atoms with Crippen LogP contribution in [0.4, 0.5) is 0 Å². The van der Waals surface area contributed by atoms with Crippen LogP contribution in [0.5, 0.6) is 0 Å². The maximum absolute atomic E-state index is 4.59. The fourth-order valence-corrected chi connectivity index (χ4v) is 3.57. The van der Waals surface area contributed by atoms with Crippen LogP contribution < -0.4 is 0 Å². The van der Waals surface area contributed by atoms with Gasteiger partial charge in [-0.25, -0.2) is 0 Å². The maximum Gasteiger partial charge on any atom is 0.0961 e. The fraction of sp³-hybridized carbons (Fsp3) is 0.545. The molecule has 2 rings (SSSR count). The van der Waals surface area contributed by atoms with E-state index < -0.39 is 0 Å². The Hall–Kier alpha value is -1.74. The molecule has 0 atom stereocenters. The molecule has 3 nitrogen and oxygen atoms in total. The summed E-state index contributed by atoms with van der Waals surface area (Å²) in [4.78, 5) is 2.52. The van der Waals surface area contributed by atoms with Crippen molar-refractivity contribution in [3.05, 3.63) is 47.7 Å². The first-order chi connectivity index (χ1) is 12.0. The Balaban J connectivity index is 2.19. The number of hydrogen-bond acceptors (Lipinski definition) is 3. The van der Waals surface area contributed by atoms with Gasteiger partial charge < -0.3 is 0 Å². The maximum atomic E-state index is 4.59.